The van der Waals surface area contributed by atoms with Crippen molar-refractivity contribution in [3.05, 3.63) is 34.1 Å². The van der Waals surface area contributed by atoms with Gasteiger partial charge in [0, 0.05) is 0 Å². The van der Waals surface area contributed by atoms with E-state index in [2.05, 4.69) is 20.1 Å². The molecule has 1 N–H and O–H groups in total. The van der Waals surface area contributed by atoms with Crippen molar-refractivity contribution in [2.24, 2.45) is 0 Å². The average Bonchev–Trinajstić information content (AvgIpc) is 2.07. The molecule has 0 heterocycles. The highest BCUT2D eigenvalue weighted by Crippen LogP contribution is 2.16. The molecule has 13 heavy (non-hydrogen) atoms. The molecule has 1 unspecified atom stereocenters. The van der Waals surface area contributed by atoms with Gasteiger partial charge in [-0.15, -0.1) is 0 Å². The van der Waals surface area contributed by atoms with Gasteiger partial charge in [0.25, 0.3) is 0 Å². The van der Waals surface area contributed by atoms with Crippen molar-refractivity contribution in [2.75, 3.05) is 0 Å². The third-order valence-corrected chi connectivity index (χ3v) is 2.27. The predicted molar refractivity (Wildman–Crippen MR) is 49.7 cm³/mol. The lowest BCUT2D eigenvalue weighted by Gasteiger charge is -2.00. The van der Waals surface area contributed by atoms with E-state index >= 15 is 0 Å². The summed E-state index contributed by atoms with van der Waals surface area (Å²) in [5, 5.41) is 0. The predicted octanol–water partition coefficient (Wildman–Crippen LogP) is 2.24. The molecule has 0 aromatic heterocycles. The third-order valence-electron chi connectivity index (χ3n) is 1.31. The van der Waals surface area contributed by atoms with Crippen LogP contribution in [0, 0.1) is 5.82 Å². The first-order valence-electron chi connectivity index (χ1n) is 3.27. The lowest BCUT2D eigenvalue weighted by Crippen LogP contribution is -1.96. The molecule has 1 atom stereocenters. The lowest BCUT2D eigenvalue weighted by atomic mass is 10.2. The minimum Gasteiger partial charge on any atom is -0.284 e. The van der Waals surface area contributed by atoms with Gasteiger partial charge in [-0.25, -0.2) is 4.39 Å². The summed E-state index contributed by atoms with van der Waals surface area (Å²) >= 11 is 0.672. The first kappa shape index (κ1) is 10.8. The Bertz CT molecular complexity index is 332. The van der Waals surface area contributed by atoms with Gasteiger partial charge < -0.3 is 0 Å². The quantitative estimate of drug-likeness (QED) is 0.856. The summed E-state index contributed by atoms with van der Waals surface area (Å²) in [6, 6.07) is 4.34. The van der Waals surface area contributed by atoms with Gasteiger partial charge in [-0.3, -0.25) is 8.74 Å². The molecule has 0 saturated heterocycles. The van der Waals surface area contributed by atoms with Crippen molar-refractivity contribution in [3.8, 4) is 0 Å². The summed E-state index contributed by atoms with van der Waals surface area (Å²) in [6.07, 6.45) is 0. The van der Waals surface area contributed by atoms with Gasteiger partial charge in [-0.05, 0) is 33.6 Å². The lowest BCUT2D eigenvalue weighted by molar-refractivity contribution is 0.296. The molecule has 0 spiro atoms. The van der Waals surface area contributed by atoms with Crippen LogP contribution >= 0.6 is 15.9 Å². The van der Waals surface area contributed by atoms with Crippen molar-refractivity contribution >= 4 is 27.3 Å². The molecular weight excluding hydrogens is 263 g/mol. The van der Waals surface area contributed by atoms with Gasteiger partial charge in [-0.2, -0.15) is 4.21 Å². The Kier molecular flexibility index (Phi) is 3.98. The second-order valence-electron chi connectivity index (χ2n) is 2.23. The first-order chi connectivity index (χ1) is 6.09. The van der Waals surface area contributed by atoms with Crippen LogP contribution in [0.1, 0.15) is 5.56 Å². The minimum absolute atomic E-state index is 0.0900. The van der Waals surface area contributed by atoms with E-state index in [9.17, 15) is 8.60 Å². The smallest absolute Gasteiger partial charge is 0.284 e. The van der Waals surface area contributed by atoms with Crippen LogP contribution in [0.5, 0.6) is 0 Å². The van der Waals surface area contributed by atoms with E-state index < -0.39 is 17.2 Å². The Labute approximate surface area is 85.5 Å². The van der Waals surface area contributed by atoms with E-state index in [1.807, 2.05) is 0 Å². The molecular formula is C7H6BrFO3S. The molecule has 0 saturated carbocycles. The summed E-state index contributed by atoms with van der Waals surface area (Å²) in [5.74, 6) is -0.426. The molecule has 0 aliphatic heterocycles. The van der Waals surface area contributed by atoms with Crippen LogP contribution in [0.2, 0.25) is 0 Å². The maximum absolute atomic E-state index is 12.9. The summed E-state index contributed by atoms with van der Waals surface area (Å²) in [7, 11) is 0. The Balaban J connectivity index is 2.68. The molecule has 0 radical (unpaired) electrons. The standard InChI is InChI=1S/C7H6BrFO3S/c8-6-2-1-5(3-7(6)9)4-12-13(10)11/h1-3H,4H2,(H,10,11). The largest absolute Gasteiger partial charge is 0.302 e. The molecule has 0 aliphatic carbocycles. The van der Waals surface area contributed by atoms with Crippen LogP contribution in [0.25, 0.3) is 0 Å². The molecule has 72 valence electrons. The SMILES string of the molecule is O=S(O)OCc1ccc(Br)c(F)c1. The number of hydrogen-bond acceptors (Lipinski definition) is 2. The highest BCUT2D eigenvalue weighted by molar-refractivity contribution is 9.10. The summed E-state index contributed by atoms with van der Waals surface area (Å²) in [6.45, 7) is -0.0900. The van der Waals surface area contributed by atoms with Crippen LogP contribution in [0.15, 0.2) is 22.7 Å². The summed E-state index contributed by atoms with van der Waals surface area (Å²) in [5.41, 5.74) is 0.503. The average molecular weight is 269 g/mol. The molecule has 1 aromatic rings. The zero-order valence-electron chi connectivity index (χ0n) is 6.37. The summed E-state index contributed by atoms with van der Waals surface area (Å²) in [4.78, 5) is 0. The molecule has 6 heteroatoms. The second-order valence-corrected chi connectivity index (χ2v) is 3.75. The van der Waals surface area contributed by atoms with Gasteiger partial charge in [0.15, 0.2) is 0 Å². The Morgan fingerprint density at radius 1 is 1.62 bits per heavy atom. The van der Waals surface area contributed by atoms with Crippen LogP contribution < -0.4 is 0 Å². The van der Waals surface area contributed by atoms with Crippen LogP contribution in [-0.4, -0.2) is 8.76 Å². The molecule has 1 aromatic carbocycles. The Hall–Kier alpha value is -0.300. The zero-order chi connectivity index (χ0) is 9.84. The van der Waals surface area contributed by atoms with Crippen LogP contribution in [-0.2, 0) is 22.2 Å². The van der Waals surface area contributed by atoms with E-state index in [1.165, 1.54) is 12.1 Å². The summed E-state index contributed by atoms with van der Waals surface area (Å²) < 4.78 is 36.0. The highest BCUT2D eigenvalue weighted by Gasteiger charge is 2.01. The fourth-order valence-corrected chi connectivity index (χ4v) is 1.23. The topological polar surface area (TPSA) is 46.5 Å². The molecule has 0 aliphatic rings. The second kappa shape index (κ2) is 4.80. The van der Waals surface area contributed by atoms with Gasteiger partial charge in [-0.1, -0.05) is 6.07 Å². The zero-order valence-corrected chi connectivity index (χ0v) is 8.77. The Morgan fingerprint density at radius 2 is 2.31 bits per heavy atom. The van der Waals surface area contributed by atoms with Gasteiger partial charge in [0.2, 0.25) is 0 Å². The molecule has 0 bridgehead atoms. The van der Waals surface area contributed by atoms with Gasteiger partial charge in [0.1, 0.15) is 5.82 Å². The van der Waals surface area contributed by atoms with Gasteiger partial charge in [0.05, 0.1) is 11.1 Å². The monoisotopic (exact) mass is 268 g/mol. The maximum atomic E-state index is 12.9. The van der Waals surface area contributed by atoms with Crippen molar-refractivity contribution in [2.45, 2.75) is 6.61 Å². The fourth-order valence-electron chi connectivity index (χ4n) is 0.748. The fraction of sp³-hybridized carbons (Fsp3) is 0.143. The first-order valence-corrected chi connectivity index (χ1v) is 5.10. The molecule has 3 nitrogen and oxygen atoms in total. The highest BCUT2D eigenvalue weighted by atomic mass is 79.9. The van der Waals surface area contributed by atoms with E-state index in [1.54, 1.807) is 6.07 Å². The van der Waals surface area contributed by atoms with Crippen molar-refractivity contribution < 1.29 is 17.3 Å². The Morgan fingerprint density at radius 3 is 2.85 bits per heavy atom. The van der Waals surface area contributed by atoms with Crippen molar-refractivity contribution in [1.82, 2.24) is 0 Å². The van der Waals surface area contributed by atoms with E-state index in [4.69, 9.17) is 4.55 Å². The normalized spacial score (nSPS) is 12.8. The van der Waals surface area contributed by atoms with Crippen LogP contribution in [0.4, 0.5) is 4.39 Å². The van der Waals surface area contributed by atoms with Gasteiger partial charge >= 0.3 is 11.4 Å². The number of halogens is 2. The number of hydrogen-bond donors (Lipinski definition) is 1. The molecule has 1 rings (SSSR count). The number of rotatable bonds is 3. The molecule has 0 amide bonds. The third kappa shape index (κ3) is 3.51. The van der Waals surface area contributed by atoms with Crippen molar-refractivity contribution in [3.63, 3.8) is 0 Å². The van der Waals surface area contributed by atoms with Crippen molar-refractivity contribution in [1.29, 1.82) is 0 Å². The minimum atomic E-state index is -2.31. The molecule has 0 fully saturated rings. The van der Waals surface area contributed by atoms with E-state index in [0.29, 0.717) is 10.0 Å². The maximum Gasteiger partial charge on any atom is 0.302 e. The number of benzene rings is 1. The van der Waals surface area contributed by atoms with E-state index in [0.717, 1.165) is 0 Å². The van der Waals surface area contributed by atoms with E-state index in [-0.39, 0.29) is 6.61 Å². The van der Waals surface area contributed by atoms with Crippen LogP contribution in [0.3, 0.4) is 0 Å².